The van der Waals surface area contributed by atoms with Crippen molar-refractivity contribution in [3.63, 3.8) is 0 Å². The van der Waals surface area contributed by atoms with E-state index in [1.807, 2.05) is 18.1 Å². The van der Waals surface area contributed by atoms with E-state index < -0.39 is 21.9 Å². The number of alkyl halides is 3. The van der Waals surface area contributed by atoms with Gasteiger partial charge in [0.05, 0.1) is 4.88 Å². The maximum Gasteiger partial charge on any atom is 0.432 e. The molecule has 0 aliphatic heterocycles. The second kappa shape index (κ2) is 6.76. The predicted octanol–water partition coefficient (Wildman–Crippen LogP) is 4.52. The number of aromatic amines is 1. The number of benzene rings is 1. The molecule has 0 radical (unpaired) electrons. The fraction of sp³-hybridized carbons (Fsp3) is 0.188. The average Bonchev–Trinajstić information content (AvgIpc) is 3.23. The van der Waals surface area contributed by atoms with Crippen molar-refractivity contribution >= 4 is 27.0 Å². The molecular formula is C16H14F3N3O2S2. The Morgan fingerprint density at radius 1 is 1.19 bits per heavy atom. The van der Waals surface area contributed by atoms with E-state index in [0.29, 0.717) is 10.6 Å². The van der Waals surface area contributed by atoms with E-state index in [0.717, 1.165) is 29.4 Å². The minimum Gasteiger partial charge on any atom is -0.279 e. The van der Waals surface area contributed by atoms with Gasteiger partial charge in [0.15, 0.2) is 0 Å². The summed E-state index contributed by atoms with van der Waals surface area (Å²) in [5, 5.41) is 5.52. The van der Waals surface area contributed by atoms with Gasteiger partial charge >= 0.3 is 6.18 Å². The number of hydrogen-bond acceptors (Lipinski definition) is 4. The zero-order valence-corrected chi connectivity index (χ0v) is 15.1. The van der Waals surface area contributed by atoms with Crippen LogP contribution in [0.4, 0.5) is 18.9 Å². The molecule has 3 aromatic rings. The fourth-order valence-corrected chi connectivity index (χ4v) is 4.57. The van der Waals surface area contributed by atoms with Crippen molar-refractivity contribution in [1.82, 2.24) is 10.2 Å². The zero-order valence-electron chi connectivity index (χ0n) is 13.5. The van der Waals surface area contributed by atoms with E-state index in [-0.39, 0.29) is 9.90 Å². The molecule has 1 aromatic carbocycles. The van der Waals surface area contributed by atoms with Crippen LogP contribution in [-0.4, -0.2) is 18.6 Å². The van der Waals surface area contributed by atoms with Crippen LogP contribution in [0.1, 0.15) is 18.2 Å². The highest BCUT2D eigenvalue weighted by Gasteiger charge is 2.33. The largest absolute Gasteiger partial charge is 0.432 e. The summed E-state index contributed by atoms with van der Waals surface area (Å²) in [7, 11) is -3.84. The summed E-state index contributed by atoms with van der Waals surface area (Å²) in [5.41, 5.74) is 0.461. The minimum absolute atomic E-state index is 0.00837. The molecule has 0 aliphatic carbocycles. The third-order valence-corrected chi connectivity index (χ3v) is 6.55. The SMILES string of the molecule is CCc1cccc(NS(=O)(=O)c2ccc(-c3cc(C(F)(F)F)[nH]n3)s2)c1. The van der Waals surface area contributed by atoms with Crippen LogP contribution in [0, 0.1) is 0 Å². The molecule has 3 rings (SSSR count). The second-order valence-corrected chi connectivity index (χ2v) is 8.44. The molecule has 0 saturated carbocycles. The van der Waals surface area contributed by atoms with Gasteiger partial charge in [-0.15, -0.1) is 11.3 Å². The van der Waals surface area contributed by atoms with Gasteiger partial charge in [0.1, 0.15) is 15.6 Å². The second-order valence-electron chi connectivity index (χ2n) is 5.44. The number of nitrogens with zero attached hydrogens (tertiary/aromatic N) is 1. The lowest BCUT2D eigenvalue weighted by atomic mass is 10.1. The van der Waals surface area contributed by atoms with Crippen LogP contribution in [0.2, 0.25) is 0 Å². The highest BCUT2D eigenvalue weighted by molar-refractivity contribution is 7.94. The van der Waals surface area contributed by atoms with Crippen molar-refractivity contribution in [3.05, 3.63) is 53.7 Å². The van der Waals surface area contributed by atoms with E-state index >= 15 is 0 Å². The number of H-pyrrole nitrogens is 1. The first-order valence-corrected chi connectivity index (χ1v) is 9.83. The Kier molecular flexibility index (Phi) is 4.80. The van der Waals surface area contributed by atoms with Crippen LogP contribution in [-0.2, 0) is 22.6 Å². The van der Waals surface area contributed by atoms with Crippen molar-refractivity contribution < 1.29 is 21.6 Å². The van der Waals surface area contributed by atoms with Gasteiger partial charge in [-0.3, -0.25) is 9.82 Å². The van der Waals surface area contributed by atoms with Gasteiger partial charge in [0.25, 0.3) is 10.0 Å². The number of halogens is 3. The molecule has 0 atom stereocenters. The third kappa shape index (κ3) is 3.91. The number of anilines is 1. The molecule has 0 amide bonds. The number of nitrogens with one attached hydrogen (secondary N) is 2. The molecule has 0 spiro atoms. The summed E-state index contributed by atoms with van der Waals surface area (Å²) < 4.78 is 65.4. The Balaban J connectivity index is 1.85. The molecule has 2 N–H and O–H groups in total. The maximum absolute atomic E-state index is 12.6. The molecule has 10 heteroatoms. The topological polar surface area (TPSA) is 74.8 Å². The Labute approximate surface area is 151 Å². The summed E-state index contributed by atoms with van der Waals surface area (Å²) in [5.74, 6) is 0. The molecule has 5 nitrogen and oxygen atoms in total. The number of aromatic nitrogens is 2. The zero-order chi connectivity index (χ0) is 18.9. The van der Waals surface area contributed by atoms with Gasteiger partial charge < -0.3 is 0 Å². The molecule has 0 aliphatic rings. The summed E-state index contributed by atoms with van der Waals surface area (Å²) in [4.78, 5) is 0.319. The van der Waals surface area contributed by atoms with E-state index in [9.17, 15) is 21.6 Å². The summed E-state index contributed by atoms with van der Waals surface area (Å²) in [6.07, 6.45) is -3.78. The van der Waals surface area contributed by atoms with Crippen molar-refractivity contribution in [2.24, 2.45) is 0 Å². The molecule has 0 bridgehead atoms. The minimum atomic E-state index is -4.54. The Bertz CT molecular complexity index is 1020. The molecule has 2 aromatic heterocycles. The number of sulfonamides is 1. The van der Waals surface area contributed by atoms with Crippen LogP contribution in [0.25, 0.3) is 10.6 Å². The molecule has 0 unspecified atom stereocenters. The maximum atomic E-state index is 12.6. The number of thiophene rings is 1. The lowest BCUT2D eigenvalue weighted by Crippen LogP contribution is -2.11. The summed E-state index contributed by atoms with van der Waals surface area (Å²) >= 11 is 0.846. The highest BCUT2D eigenvalue weighted by Crippen LogP contribution is 2.34. The summed E-state index contributed by atoms with van der Waals surface area (Å²) in [6, 6.07) is 10.6. The van der Waals surface area contributed by atoms with Gasteiger partial charge in [-0.2, -0.15) is 18.3 Å². The first-order chi connectivity index (χ1) is 12.2. The molecule has 0 saturated heterocycles. The van der Waals surface area contributed by atoms with Crippen molar-refractivity contribution in [3.8, 4) is 10.6 Å². The van der Waals surface area contributed by atoms with E-state index in [4.69, 9.17) is 0 Å². The monoisotopic (exact) mass is 401 g/mol. The van der Waals surface area contributed by atoms with E-state index in [1.54, 1.807) is 18.2 Å². The lowest BCUT2D eigenvalue weighted by Gasteiger charge is -2.07. The first kappa shape index (κ1) is 18.5. The summed E-state index contributed by atoms with van der Waals surface area (Å²) in [6.45, 7) is 1.96. The van der Waals surface area contributed by atoms with E-state index in [2.05, 4.69) is 9.82 Å². The van der Waals surface area contributed by atoms with Crippen LogP contribution in [0.3, 0.4) is 0 Å². The fourth-order valence-electron chi connectivity index (χ4n) is 2.26. The Morgan fingerprint density at radius 3 is 2.62 bits per heavy atom. The molecule has 2 heterocycles. The van der Waals surface area contributed by atoms with E-state index in [1.165, 1.54) is 12.1 Å². The molecular weight excluding hydrogens is 387 g/mol. The predicted molar refractivity (Wildman–Crippen MR) is 93.5 cm³/mol. The van der Waals surface area contributed by atoms with Crippen molar-refractivity contribution in [2.75, 3.05) is 4.72 Å². The van der Waals surface area contributed by atoms with Gasteiger partial charge in [-0.1, -0.05) is 19.1 Å². The quantitative estimate of drug-likeness (QED) is 0.660. The van der Waals surface area contributed by atoms with Crippen LogP contribution in [0.5, 0.6) is 0 Å². The van der Waals surface area contributed by atoms with Crippen LogP contribution < -0.4 is 4.72 Å². The third-order valence-electron chi connectivity index (χ3n) is 3.57. The van der Waals surface area contributed by atoms with Crippen molar-refractivity contribution in [1.29, 1.82) is 0 Å². The Hall–Kier alpha value is -2.33. The average molecular weight is 401 g/mol. The standard InChI is InChI=1S/C16H14F3N3O2S2/c1-2-10-4-3-5-11(8-10)22-26(23,24)15-7-6-13(25-15)12-9-14(21-20-12)16(17,18)19/h3-9,22H,2H2,1H3,(H,20,21). The first-order valence-electron chi connectivity index (χ1n) is 7.53. The lowest BCUT2D eigenvalue weighted by molar-refractivity contribution is -0.141. The number of hydrogen-bond donors (Lipinski definition) is 2. The smallest absolute Gasteiger partial charge is 0.279 e. The van der Waals surface area contributed by atoms with Crippen molar-refractivity contribution in [2.45, 2.75) is 23.7 Å². The Morgan fingerprint density at radius 2 is 1.96 bits per heavy atom. The molecule has 138 valence electrons. The van der Waals surface area contributed by atoms with Gasteiger partial charge in [0, 0.05) is 5.69 Å². The molecule has 26 heavy (non-hydrogen) atoms. The highest BCUT2D eigenvalue weighted by atomic mass is 32.2. The number of rotatable bonds is 5. The van der Waals surface area contributed by atoms with Gasteiger partial charge in [0.2, 0.25) is 0 Å². The van der Waals surface area contributed by atoms with Gasteiger partial charge in [-0.05, 0) is 42.3 Å². The van der Waals surface area contributed by atoms with Crippen LogP contribution >= 0.6 is 11.3 Å². The van der Waals surface area contributed by atoms with Crippen LogP contribution in [0.15, 0.2) is 46.7 Å². The number of aryl methyl sites for hydroxylation is 1. The van der Waals surface area contributed by atoms with Gasteiger partial charge in [-0.25, -0.2) is 8.42 Å². The molecule has 0 fully saturated rings. The normalized spacial score (nSPS) is 12.3.